The smallest absolute Gasteiger partial charge is 0.226 e. The first kappa shape index (κ1) is 14.6. The van der Waals surface area contributed by atoms with Gasteiger partial charge in [-0.15, -0.1) is 10.2 Å². The van der Waals surface area contributed by atoms with Crippen molar-refractivity contribution in [1.82, 2.24) is 25.2 Å². The van der Waals surface area contributed by atoms with Crippen molar-refractivity contribution >= 4 is 11.6 Å². The van der Waals surface area contributed by atoms with E-state index in [4.69, 9.17) is 16.0 Å². The molecule has 0 radical (unpaired) electrons. The summed E-state index contributed by atoms with van der Waals surface area (Å²) in [5.41, 5.74) is 2.52. The van der Waals surface area contributed by atoms with Crippen LogP contribution in [0.5, 0.6) is 0 Å². The van der Waals surface area contributed by atoms with E-state index in [2.05, 4.69) is 20.4 Å². The van der Waals surface area contributed by atoms with Gasteiger partial charge in [-0.1, -0.05) is 29.8 Å². The normalized spacial score (nSPS) is 10.9. The van der Waals surface area contributed by atoms with Gasteiger partial charge in [0.05, 0.1) is 0 Å². The van der Waals surface area contributed by atoms with Crippen LogP contribution in [0.4, 0.5) is 0 Å². The molecule has 4 rings (SSSR count). The summed E-state index contributed by atoms with van der Waals surface area (Å²) >= 11 is 5.88. The number of tetrazole rings is 1. The zero-order valence-corrected chi connectivity index (χ0v) is 13.3. The van der Waals surface area contributed by atoms with E-state index in [9.17, 15) is 0 Å². The van der Waals surface area contributed by atoms with E-state index >= 15 is 0 Å². The molecule has 0 unspecified atom stereocenters. The summed E-state index contributed by atoms with van der Waals surface area (Å²) in [4.78, 5) is 5.94. The summed E-state index contributed by atoms with van der Waals surface area (Å²) in [5, 5.41) is 13.1. The first-order chi connectivity index (χ1) is 11.8. The maximum atomic E-state index is 5.88. The van der Waals surface area contributed by atoms with Gasteiger partial charge in [-0.3, -0.25) is 0 Å². The van der Waals surface area contributed by atoms with E-state index in [0.717, 1.165) is 16.8 Å². The molecule has 0 atom stereocenters. The summed E-state index contributed by atoms with van der Waals surface area (Å²) in [6, 6.07) is 17.0. The standard InChI is InChI=1S/C17H12ClN5O/c18-14-8-6-12(7-9-14)16-20-22-23(21-16)10-15-11-24-17(19-15)13-4-2-1-3-5-13/h1-9,11H,10H2. The van der Waals surface area contributed by atoms with Crippen LogP contribution in [0.25, 0.3) is 22.8 Å². The molecule has 2 aromatic carbocycles. The fraction of sp³-hybridized carbons (Fsp3) is 0.0588. The van der Waals surface area contributed by atoms with Gasteiger partial charge in [-0.25, -0.2) is 4.98 Å². The predicted octanol–water partition coefficient (Wildman–Crippen LogP) is 3.70. The molecule has 0 saturated heterocycles. The molecule has 2 aromatic heterocycles. The second-order valence-corrected chi connectivity index (χ2v) is 5.60. The van der Waals surface area contributed by atoms with Gasteiger partial charge < -0.3 is 4.42 Å². The van der Waals surface area contributed by atoms with E-state index < -0.39 is 0 Å². The Balaban J connectivity index is 1.52. The third-order valence-corrected chi connectivity index (χ3v) is 3.68. The quantitative estimate of drug-likeness (QED) is 0.568. The highest BCUT2D eigenvalue weighted by atomic mass is 35.5. The van der Waals surface area contributed by atoms with Crippen molar-refractivity contribution < 1.29 is 4.42 Å². The number of halogens is 1. The average Bonchev–Trinajstić information content (AvgIpc) is 3.27. The van der Waals surface area contributed by atoms with Gasteiger partial charge in [0.2, 0.25) is 11.7 Å². The van der Waals surface area contributed by atoms with E-state index in [1.165, 1.54) is 4.80 Å². The molecule has 118 valence electrons. The SMILES string of the molecule is Clc1ccc(-c2nnn(Cc3coc(-c4ccccc4)n3)n2)cc1. The maximum Gasteiger partial charge on any atom is 0.226 e. The number of benzene rings is 2. The Kier molecular flexibility index (Phi) is 3.80. The van der Waals surface area contributed by atoms with Crippen LogP contribution < -0.4 is 0 Å². The summed E-state index contributed by atoms with van der Waals surface area (Å²) < 4.78 is 5.51. The first-order valence-electron chi connectivity index (χ1n) is 7.31. The number of oxazole rings is 1. The van der Waals surface area contributed by atoms with Crippen LogP contribution in [0, 0.1) is 0 Å². The van der Waals surface area contributed by atoms with Crippen molar-refractivity contribution in [3.05, 3.63) is 71.6 Å². The lowest BCUT2D eigenvalue weighted by Crippen LogP contribution is -2.04. The molecule has 0 N–H and O–H groups in total. The van der Waals surface area contributed by atoms with Crippen LogP contribution in [0.1, 0.15) is 5.69 Å². The molecular formula is C17H12ClN5O. The molecule has 0 spiro atoms. The Labute approximate surface area is 142 Å². The number of nitrogens with zero attached hydrogens (tertiary/aromatic N) is 5. The maximum absolute atomic E-state index is 5.88. The van der Waals surface area contributed by atoms with Crippen LogP contribution in [0.15, 0.2) is 65.3 Å². The highest BCUT2D eigenvalue weighted by Crippen LogP contribution is 2.19. The lowest BCUT2D eigenvalue weighted by Gasteiger charge is -1.95. The van der Waals surface area contributed by atoms with Gasteiger partial charge >= 0.3 is 0 Å². The van der Waals surface area contributed by atoms with Crippen LogP contribution in [-0.4, -0.2) is 25.2 Å². The zero-order chi connectivity index (χ0) is 16.4. The highest BCUT2D eigenvalue weighted by Gasteiger charge is 2.10. The minimum Gasteiger partial charge on any atom is -0.444 e. The Bertz CT molecular complexity index is 947. The third kappa shape index (κ3) is 3.04. The molecule has 0 aliphatic rings. The van der Waals surface area contributed by atoms with Crippen LogP contribution in [-0.2, 0) is 6.54 Å². The van der Waals surface area contributed by atoms with E-state index in [1.54, 1.807) is 18.4 Å². The molecule has 0 saturated carbocycles. The minimum absolute atomic E-state index is 0.386. The third-order valence-electron chi connectivity index (χ3n) is 3.43. The van der Waals surface area contributed by atoms with Gasteiger partial charge in [0.25, 0.3) is 0 Å². The Morgan fingerprint density at radius 1 is 0.958 bits per heavy atom. The van der Waals surface area contributed by atoms with Gasteiger partial charge in [0.15, 0.2) is 0 Å². The Morgan fingerprint density at radius 3 is 2.54 bits per heavy atom. The number of hydrogen-bond acceptors (Lipinski definition) is 5. The molecule has 0 fully saturated rings. The number of hydrogen-bond donors (Lipinski definition) is 0. The topological polar surface area (TPSA) is 69.6 Å². The number of aromatic nitrogens is 5. The summed E-state index contributed by atoms with van der Waals surface area (Å²) in [7, 11) is 0. The van der Waals surface area contributed by atoms with Crippen LogP contribution in [0.2, 0.25) is 5.02 Å². The average molecular weight is 338 g/mol. The van der Waals surface area contributed by atoms with Gasteiger partial charge in [-0.05, 0) is 41.6 Å². The molecule has 0 aliphatic carbocycles. The van der Waals surface area contributed by atoms with Crippen molar-refractivity contribution in [2.45, 2.75) is 6.54 Å². The molecule has 7 heteroatoms. The monoisotopic (exact) mass is 337 g/mol. The largest absolute Gasteiger partial charge is 0.444 e. The lowest BCUT2D eigenvalue weighted by atomic mass is 10.2. The van der Waals surface area contributed by atoms with Crippen LogP contribution >= 0.6 is 11.6 Å². The summed E-state index contributed by atoms with van der Waals surface area (Å²) in [6.45, 7) is 0.386. The van der Waals surface area contributed by atoms with Crippen LogP contribution in [0.3, 0.4) is 0 Å². The highest BCUT2D eigenvalue weighted by molar-refractivity contribution is 6.30. The molecule has 4 aromatic rings. The molecule has 24 heavy (non-hydrogen) atoms. The molecular weight excluding hydrogens is 326 g/mol. The first-order valence-corrected chi connectivity index (χ1v) is 7.69. The second-order valence-electron chi connectivity index (χ2n) is 5.16. The second kappa shape index (κ2) is 6.25. The summed E-state index contributed by atoms with van der Waals surface area (Å²) in [5.74, 6) is 1.11. The van der Waals surface area contributed by atoms with Gasteiger partial charge in [0.1, 0.15) is 18.5 Å². The molecule has 0 amide bonds. The number of rotatable bonds is 4. The van der Waals surface area contributed by atoms with Crippen molar-refractivity contribution in [3.63, 3.8) is 0 Å². The predicted molar refractivity (Wildman–Crippen MR) is 89.3 cm³/mol. The molecule has 0 aliphatic heterocycles. The van der Waals surface area contributed by atoms with Crippen molar-refractivity contribution in [2.24, 2.45) is 0 Å². The van der Waals surface area contributed by atoms with Crippen molar-refractivity contribution in [1.29, 1.82) is 0 Å². The van der Waals surface area contributed by atoms with Gasteiger partial charge in [0, 0.05) is 16.1 Å². The van der Waals surface area contributed by atoms with Crippen molar-refractivity contribution in [2.75, 3.05) is 0 Å². The fourth-order valence-electron chi connectivity index (χ4n) is 2.26. The van der Waals surface area contributed by atoms with Gasteiger partial charge in [-0.2, -0.15) is 4.80 Å². The Morgan fingerprint density at radius 2 is 1.75 bits per heavy atom. The fourth-order valence-corrected chi connectivity index (χ4v) is 2.39. The molecule has 2 heterocycles. The minimum atomic E-state index is 0.386. The van der Waals surface area contributed by atoms with E-state index in [-0.39, 0.29) is 0 Å². The Hall–Kier alpha value is -2.99. The zero-order valence-electron chi connectivity index (χ0n) is 12.5. The lowest BCUT2D eigenvalue weighted by molar-refractivity contribution is 0.550. The van der Waals surface area contributed by atoms with E-state index in [0.29, 0.717) is 23.3 Å². The van der Waals surface area contributed by atoms with E-state index in [1.807, 2.05) is 42.5 Å². The molecule has 6 nitrogen and oxygen atoms in total. The van der Waals surface area contributed by atoms with Crippen molar-refractivity contribution in [3.8, 4) is 22.8 Å². The molecule has 0 bridgehead atoms. The summed E-state index contributed by atoms with van der Waals surface area (Å²) in [6.07, 6.45) is 1.60.